The van der Waals surface area contributed by atoms with E-state index < -0.39 is 29.4 Å². The minimum Gasteiger partial charge on any atom is -0.426 e. The number of ether oxygens (including phenoxy) is 1. The largest absolute Gasteiger partial charge is 0.426 e. The molecule has 0 spiro atoms. The molecule has 0 amide bonds. The third-order valence-corrected chi connectivity index (χ3v) is 5.30. The fraction of sp³-hybridized carbons (Fsp3) is 0.667. The van der Waals surface area contributed by atoms with Crippen molar-refractivity contribution >= 4 is 5.97 Å². The van der Waals surface area contributed by atoms with Crippen LogP contribution in [0.1, 0.15) is 40.0 Å². The summed E-state index contributed by atoms with van der Waals surface area (Å²) in [7, 11) is 0. The predicted molar refractivity (Wildman–Crippen MR) is 70.4 cm³/mol. The fourth-order valence-electron chi connectivity index (χ4n) is 3.86. The molecule has 110 valence electrons. The molecule has 3 N–H and O–H groups in total. The lowest BCUT2D eigenvalue weighted by Gasteiger charge is -2.50. The quantitative estimate of drug-likeness (QED) is 0.451. The summed E-state index contributed by atoms with van der Waals surface area (Å²) in [5, 5.41) is 31.0. The van der Waals surface area contributed by atoms with Crippen molar-refractivity contribution < 1.29 is 24.9 Å². The Morgan fingerprint density at radius 3 is 2.55 bits per heavy atom. The molecule has 20 heavy (non-hydrogen) atoms. The monoisotopic (exact) mass is 280 g/mol. The van der Waals surface area contributed by atoms with Crippen molar-refractivity contribution in [2.24, 2.45) is 5.41 Å². The maximum Gasteiger partial charge on any atom is 0.336 e. The Morgan fingerprint density at radius 1 is 1.25 bits per heavy atom. The van der Waals surface area contributed by atoms with Gasteiger partial charge in [0.15, 0.2) is 0 Å². The van der Waals surface area contributed by atoms with Crippen molar-refractivity contribution in [3.8, 4) is 0 Å². The van der Waals surface area contributed by atoms with Gasteiger partial charge in [0, 0.05) is 29.4 Å². The number of hydrogen-bond donors (Lipinski definition) is 3. The Morgan fingerprint density at radius 2 is 1.90 bits per heavy atom. The average Bonchev–Trinajstić information content (AvgIpc) is 2.55. The Hall–Kier alpha value is -1.17. The second-order valence-electron chi connectivity index (χ2n) is 6.48. The smallest absolute Gasteiger partial charge is 0.336 e. The molecule has 0 radical (unpaired) electrons. The average molecular weight is 280 g/mol. The highest BCUT2D eigenvalue weighted by molar-refractivity contribution is 5.92. The maximum absolute atomic E-state index is 11.7. The van der Waals surface area contributed by atoms with Crippen LogP contribution in [0.25, 0.3) is 0 Å². The summed E-state index contributed by atoms with van der Waals surface area (Å²) >= 11 is 0. The van der Waals surface area contributed by atoms with E-state index >= 15 is 0 Å². The molecule has 0 saturated heterocycles. The van der Waals surface area contributed by atoms with Gasteiger partial charge in [-0.2, -0.15) is 0 Å². The summed E-state index contributed by atoms with van der Waals surface area (Å²) in [6, 6.07) is 0. The molecular weight excluding hydrogens is 260 g/mol. The van der Waals surface area contributed by atoms with E-state index in [2.05, 4.69) is 0 Å². The molecule has 2 aliphatic carbocycles. The molecule has 5 heteroatoms. The van der Waals surface area contributed by atoms with E-state index in [1.54, 1.807) is 6.92 Å². The van der Waals surface area contributed by atoms with E-state index in [0.29, 0.717) is 17.6 Å². The van der Waals surface area contributed by atoms with Gasteiger partial charge in [-0.1, -0.05) is 12.5 Å². The van der Waals surface area contributed by atoms with Crippen molar-refractivity contribution in [2.75, 3.05) is 0 Å². The van der Waals surface area contributed by atoms with Crippen LogP contribution in [0.5, 0.6) is 0 Å². The molecule has 4 atom stereocenters. The van der Waals surface area contributed by atoms with Gasteiger partial charge in [-0.05, 0) is 25.8 Å². The van der Waals surface area contributed by atoms with E-state index in [0.717, 1.165) is 11.1 Å². The Bertz CT molecular complexity index is 561. The van der Waals surface area contributed by atoms with E-state index in [9.17, 15) is 20.1 Å². The van der Waals surface area contributed by atoms with Gasteiger partial charge in [-0.3, -0.25) is 0 Å². The highest BCUT2D eigenvalue weighted by Crippen LogP contribution is 2.56. The third-order valence-electron chi connectivity index (χ3n) is 5.30. The lowest BCUT2D eigenvalue weighted by molar-refractivity contribution is -0.201. The zero-order valence-electron chi connectivity index (χ0n) is 11.9. The number of fused-ring (bicyclic) bond motifs is 2. The van der Waals surface area contributed by atoms with Gasteiger partial charge < -0.3 is 20.1 Å². The molecule has 5 nitrogen and oxygen atoms in total. The number of aliphatic hydroxyl groups is 3. The summed E-state index contributed by atoms with van der Waals surface area (Å²) in [5.41, 5.74) is 2.08. The molecule has 0 aromatic rings. The van der Waals surface area contributed by atoms with Gasteiger partial charge >= 0.3 is 5.97 Å². The van der Waals surface area contributed by atoms with Crippen LogP contribution in [0, 0.1) is 5.41 Å². The number of aliphatic hydroxyl groups excluding tert-OH is 2. The minimum absolute atomic E-state index is 0.138. The van der Waals surface area contributed by atoms with Crippen LogP contribution in [0.3, 0.4) is 0 Å². The standard InChI is InChI=1S/C15H20O5/c1-7-9-4-10-8(2)13(18)20-15(10,19)6-14(9,3)12(17)5-11(7)16/h11-12,16-17,19H,4-6H2,1-3H3/t11-,12+,14-,15+/m0/s1. The summed E-state index contributed by atoms with van der Waals surface area (Å²) in [5.74, 6) is -2.11. The predicted octanol–water partition coefficient (Wildman–Crippen LogP) is 0.790. The van der Waals surface area contributed by atoms with Crippen molar-refractivity contribution in [1.82, 2.24) is 0 Å². The summed E-state index contributed by atoms with van der Waals surface area (Å²) in [6.45, 7) is 5.35. The van der Waals surface area contributed by atoms with Gasteiger partial charge in [0.2, 0.25) is 5.79 Å². The zero-order valence-corrected chi connectivity index (χ0v) is 11.9. The third kappa shape index (κ3) is 1.57. The van der Waals surface area contributed by atoms with Crippen LogP contribution >= 0.6 is 0 Å². The van der Waals surface area contributed by atoms with E-state index in [1.807, 2.05) is 13.8 Å². The minimum atomic E-state index is -1.61. The van der Waals surface area contributed by atoms with Gasteiger partial charge in [-0.15, -0.1) is 0 Å². The fourth-order valence-corrected chi connectivity index (χ4v) is 3.86. The first-order chi connectivity index (χ1) is 9.19. The van der Waals surface area contributed by atoms with Crippen LogP contribution in [-0.4, -0.2) is 39.3 Å². The van der Waals surface area contributed by atoms with Crippen molar-refractivity contribution in [3.63, 3.8) is 0 Å². The van der Waals surface area contributed by atoms with E-state index in [4.69, 9.17) is 4.74 Å². The molecule has 0 unspecified atom stereocenters. The molecule has 0 bridgehead atoms. The Kier molecular flexibility index (Phi) is 2.71. The molecule has 0 aromatic carbocycles. The van der Waals surface area contributed by atoms with Crippen molar-refractivity contribution in [1.29, 1.82) is 0 Å². The molecular formula is C15H20O5. The molecule has 1 fully saturated rings. The highest BCUT2D eigenvalue weighted by atomic mass is 16.7. The van der Waals surface area contributed by atoms with Crippen LogP contribution in [0.4, 0.5) is 0 Å². The number of carbonyl (C=O) groups excluding carboxylic acids is 1. The van der Waals surface area contributed by atoms with Crippen molar-refractivity contribution in [2.45, 2.75) is 58.0 Å². The lowest BCUT2D eigenvalue weighted by atomic mass is 9.59. The van der Waals surface area contributed by atoms with Gasteiger partial charge in [0.25, 0.3) is 0 Å². The highest BCUT2D eigenvalue weighted by Gasteiger charge is 2.58. The number of rotatable bonds is 0. The maximum atomic E-state index is 11.7. The molecule has 3 aliphatic rings. The molecule has 3 rings (SSSR count). The number of carbonyl (C=O) groups is 1. The van der Waals surface area contributed by atoms with Gasteiger partial charge in [-0.25, -0.2) is 4.79 Å². The van der Waals surface area contributed by atoms with Gasteiger partial charge in [0.1, 0.15) is 0 Å². The normalized spacial score (nSPS) is 44.4. The van der Waals surface area contributed by atoms with E-state index in [1.165, 1.54) is 0 Å². The van der Waals surface area contributed by atoms with E-state index in [-0.39, 0.29) is 12.8 Å². The van der Waals surface area contributed by atoms with Crippen LogP contribution in [0.2, 0.25) is 0 Å². The first-order valence-electron chi connectivity index (χ1n) is 6.91. The lowest BCUT2D eigenvalue weighted by Crippen LogP contribution is -2.52. The van der Waals surface area contributed by atoms with Crippen molar-refractivity contribution in [3.05, 3.63) is 22.3 Å². The summed E-state index contributed by atoms with van der Waals surface area (Å²) in [6.07, 6.45) is -0.684. The molecule has 1 heterocycles. The van der Waals surface area contributed by atoms with Crippen LogP contribution in [-0.2, 0) is 9.53 Å². The van der Waals surface area contributed by atoms with Crippen LogP contribution < -0.4 is 0 Å². The zero-order chi connectivity index (χ0) is 14.9. The van der Waals surface area contributed by atoms with Gasteiger partial charge in [0.05, 0.1) is 12.2 Å². The Labute approximate surface area is 117 Å². The second kappa shape index (κ2) is 3.93. The number of esters is 1. The Balaban J connectivity index is 2.15. The first kappa shape index (κ1) is 13.8. The molecule has 1 aliphatic heterocycles. The second-order valence-corrected chi connectivity index (χ2v) is 6.48. The van der Waals surface area contributed by atoms with Crippen LogP contribution in [0.15, 0.2) is 22.3 Å². The summed E-state index contributed by atoms with van der Waals surface area (Å²) < 4.78 is 5.14. The topological polar surface area (TPSA) is 87.0 Å². The number of hydrogen-bond acceptors (Lipinski definition) is 5. The first-order valence-corrected chi connectivity index (χ1v) is 6.91. The SMILES string of the molecule is CC1=C2CC3=C(C)[C@@H](O)C[C@@H](O)[C@@]3(C)C[C@@]2(O)OC1=O. The summed E-state index contributed by atoms with van der Waals surface area (Å²) in [4.78, 5) is 11.7. The molecule has 1 saturated carbocycles. The molecule has 0 aromatic heterocycles.